The highest BCUT2D eigenvalue weighted by Crippen LogP contribution is 2.61. The highest BCUT2D eigenvalue weighted by molar-refractivity contribution is 9.10. The van der Waals surface area contributed by atoms with Crippen LogP contribution in [0.25, 0.3) is 0 Å². The molecule has 0 N–H and O–H groups in total. The molecule has 2 aromatic rings. The van der Waals surface area contributed by atoms with E-state index < -0.39 is 0 Å². The van der Waals surface area contributed by atoms with Crippen molar-refractivity contribution in [3.8, 4) is 0 Å². The Morgan fingerprint density at radius 3 is 2.32 bits per heavy atom. The van der Waals surface area contributed by atoms with Crippen molar-refractivity contribution in [3.05, 3.63) is 45.4 Å². The van der Waals surface area contributed by atoms with Crippen LogP contribution in [-0.4, -0.2) is 16.6 Å². The van der Waals surface area contributed by atoms with Crippen LogP contribution < -0.4 is 4.90 Å². The molecule has 4 saturated carbocycles. The quantitative estimate of drug-likeness (QED) is 0.534. The Bertz CT molecular complexity index is 890. The topological polar surface area (TPSA) is 33.2 Å². The van der Waals surface area contributed by atoms with Gasteiger partial charge in [0, 0.05) is 15.3 Å². The normalized spacial score (nSPS) is 36.5. The van der Waals surface area contributed by atoms with E-state index in [9.17, 15) is 4.79 Å². The van der Waals surface area contributed by atoms with Crippen LogP contribution in [-0.2, 0) is 10.2 Å². The molecule has 1 aromatic carbocycles. The average Bonchev–Trinajstić information content (AvgIpc) is 3.28. The summed E-state index contributed by atoms with van der Waals surface area (Å²) in [6.07, 6.45) is 8.30. The summed E-state index contributed by atoms with van der Waals surface area (Å²) < 4.78 is 1.07. The molecule has 0 spiro atoms. The molecule has 0 radical (unpaired) electrons. The van der Waals surface area contributed by atoms with Gasteiger partial charge in [0.2, 0.25) is 5.91 Å². The molecule has 6 heteroatoms. The Morgan fingerprint density at radius 2 is 1.68 bits per heavy atom. The zero-order valence-corrected chi connectivity index (χ0v) is 18.9. The predicted molar refractivity (Wildman–Crippen MR) is 119 cm³/mol. The molecule has 4 bridgehead atoms. The molecule has 4 aliphatic carbocycles. The molecule has 1 saturated heterocycles. The van der Waals surface area contributed by atoms with Gasteiger partial charge in [-0.1, -0.05) is 28.1 Å². The SMILES string of the molecule is O=C1CSC(c2ccc(Br)cc2)N1c1nc(C23CC4CC(CC(C4)C2)C3)cs1. The van der Waals surface area contributed by atoms with E-state index in [1.54, 1.807) is 23.1 Å². The molecule has 1 aromatic heterocycles. The van der Waals surface area contributed by atoms with E-state index >= 15 is 0 Å². The Kier molecular flexibility index (Phi) is 4.22. The molecule has 1 aliphatic heterocycles. The molecule has 7 rings (SSSR count). The number of thiazole rings is 1. The number of rotatable bonds is 3. The third-order valence-electron chi connectivity index (χ3n) is 7.30. The van der Waals surface area contributed by atoms with Crippen LogP contribution in [0, 0.1) is 17.8 Å². The molecule has 28 heavy (non-hydrogen) atoms. The van der Waals surface area contributed by atoms with Crippen LogP contribution >= 0.6 is 39.0 Å². The number of hydrogen-bond acceptors (Lipinski definition) is 4. The summed E-state index contributed by atoms with van der Waals surface area (Å²) in [5, 5.41) is 3.21. The lowest BCUT2D eigenvalue weighted by molar-refractivity contribution is -0.115. The predicted octanol–water partition coefficient (Wildman–Crippen LogP) is 6.15. The van der Waals surface area contributed by atoms with Crippen molar-refractivity contribution in [3.63, 3.8) is 0 Å². The van der Waals surface area contributed by atoms with E-state index in [1.807, 2.05) is 4.90 Å². The highest BCUT2D eigenvalue weighted by Gasteiger charge is 2.52. The monoisotopic (exact) mass is 474 g/mol. The van der Waals surface area contributed by atoms with Gasteiger partial charge in [0.1, 0.15) is 5.37 Å². The van der Waals surface area contributed by atoms with Crippen LogP contribution in [0.4, 0.5) is 5.13 Å². The number of halogens is 1. The molecular weight excluding hydrogens is 452 g/mol. The van der Waals surface area contributed by atoms with Gasteiger partial charge in [0.25, 0.3) is 0 Å². The summed E-state index contributed by atoms with van der Waals surface area (Å²) in [4.78, 5) is 19.8. The second kappa shape index (κ2) is 6.58. The molecule has 2 heterocycles. The number of carbonyl (C=O) groups excluding carboxylic acids is 1. The Hall–Kier alpha value is -0.850. The average molecular weight is 475 g/mol. The van der Waals surface area contributed by atoms with Crippen LogP contribution in [0.3, 0.4) is 0 Å². The van der Waals surface area contributed by atoms with E-state index in [1.165, 1.54) is 49.8 Å². The van der Waals surface area contributed by atoms with Crippen LogP contribution in [0.15, 0.2) is 34.1 Å². The van der Waals surface area contributed by atoms with Gasteiger partial charge in [-0.05, 0) is 74.0 Å². The second-order valence-electron chi connectivity index (χ2n) is 9.19. The number of amides is 1. The first kappa shape index (κ1) is 18.0. The summed E-state index contributed by atoms with van der Waals surface area (Å²) in [5.74, 6) is 3.46. The maximum atomic E-state index is 12.7. The summed E-state index contributed by atoms with van der Waals surface area (Å²) >= 11 is 6.89. The first-order valence-corrected chi connectivity index (χ1v) is 13.0. The van der Waals surface area contributed by atoms with Crippen molar-refractivity contribution in [2.75, 3.05) is 10.7 Å². The minimum absolute atomic E-state index is 0.0379. The van der Waals surface area contributed by atoms with Crippen LogP contribution in [0.1, 0.15) is 55.2 Å². The van der Waals surface area contributed by atoms with Gasteiger partial charge in [-0.3, -0.25) is 9.69 Å². The van der Waals surface area contributed by atoms with Crippen molar-refractivity contribution in [1.82, 2.24) is 4.98 Å². The number of carbonyl (C=O) groups is 1. The Morgan fingerprint density at radius 1 is 1.04 bits per heavy atom. The third kappa shape index (κ3) is 2.82. The van der Waals surface area contributed by atoms with Crippen molar-refractivity contribution < 1.29 is 4.79 Å². The molecule has 1 atom stereocenters. The fourth-order valence-corrected chi connectivity index (χ4v) is 9.03. The summed E-state index contributed by atoms with van der Waals surface area (Å²) in [7, 11) is 0. The van der Waals surface area contributed by atoms with Gasteiger partial charge in [0.05, 0.1) is 11.4 Å². The van der Waals surface area contributed by atoms with E-state index in [2.05, 4.69) is 45.6 Å². The van der Waals surface area contributed by atoms with E-state index in [0.29, 0.717) is 11.2 Å². The number of thioether (sulfide) groups is 1. The Labute approximate surface area is 182 Å². The molecule has 5 aliphatic rings. The Balaban J connectivity index is 1.33. The third-order valence-corrected chi connectivity index (χ3v) is 9.88. The van der Waals surface area contributed by atoms with Gasteiger partial charge in [-0.15, -0.1) is 23.1 Å². The molecule has 1 unspecified atom stereocenters. The van der Waals surface area contributed by atoms with Crippen LogP contribution in [0.5, 0.6) is 0 Å². The molecular formula is C22H23BrN2OS2. The number of benzene rings is 1. The fraction of sp³-hybridized carbons (Fsp3) is 0.545. The molecule has 1 amide bonds. The van der Waals surface area contributed by atoms with Gasteiger partial charge >= 0.3 is 0 Å². The molecule has 5 fully saturated rings. The highest BCUT2D eigenvalue weighted by atomic mass is 79.9. The van der Waals surface area contributed by atoms with Gasteiger partial charge in [-0.25, -0.2) is 4.98 Å². The van der Waals surface area contributed by atoms with Crippen molar-refractivity contribution >= 4 is 50.1 Å². The second-order valence-corrected chi connectivity index (χ2v) is 12.0. The zero-order valence-electron chi connectivity index (χ0n) is 15.6. The van der Waals surface area contributed by atoms with E-state index in [0.717, 1.165) is 27.4 Å². The summed E-state index contributed by atoms with van der Waals surface area (Å²) in [6, 6.07) is 8.33. The van der Waals surface area contributed by atoms with Gasteiger partial charge in [-0.2, -0.15) is 0 Å². The lowest BCUT2D eigenvalue weighted by Gasteiger charge is -2.56. The van der Waals surface area contributed by atoms with Gasteiger partial charge in [0.15, 0.2) is 5.13 Å². The molecule has 3 nitrogen and oxygen atoms in total. The van der Waals surface area contributed by atoms with E-state index in [4.69, 9.17) is 4.98 Å². The zero-order chi connectivity index (χ0) is 18.9. The van der Waals surface area contributed by atoms with Crippen LogP contribution in [0.2, 0.25) is 0 Å². The summed E-state index contributed by atoms with van der Waals surface area (Å²) in [5.41, 5.74) is 2.75. The fourth-order valence-electron chi connectivity index (χ4n) is 6.55. The maximum absolute atomic E-state index is 12.7. The summed E-state index contributed by atoms with van der Waals surface area (Å²) in [6.45, 7) is 0. The first-order chi connectivity index (χ1) is 13.6. The van der Waals surface area contributed by atoms with E-state index in [-0.39, 0.29) is 11.3 Å². The number of hydrogen-bond donors (Lipinski definition) is 0. The largest absolute Gasteiger partial charge is 0.273 e. The number of nitrogens with zero attached hydrogens (tertiary/aromatic N) is 2. The number of anilines is 1. The maximum Gasteiger partial charge on any atom is 0.240 e. The lowest BCUT2D eigenvalue weighted by Crippen LogP contribution is -2.48. The standard InChI is InChI=1S/C22H23BrN2OS2/c23-17-3-1-16(2-4-17)20-25(19(26)12-27-20)21-24-18(11-28-21)22-8-13-5-14(9-22)7-15(6-13)10-22/h1-4,11,13-15,20H,5-10,12H2. The lowest BCUT2D eigenvalue weighted by atomic mass is 9.49. The van der Waals surface area contributed by atoms with Crippen molar-refractivity contribution in [2.24, 2.45) is 17.8 Å². The minimum Gasteiger partial charge on any atom is -0.273 e. The minimum atomic E-state index is 0.0379. The van der Waals surface area contributed by atoms with Gasteiger partial charge < -0.3 is 0 Å². The van der Waals surface area contributed by atoms with Crippen molar-refractivity contribution in [2.45, 2.75) is 49.3 Å². The molecule has 146 valence electrons. The number of aromatic nitrogens is 1. The van der Waals surface area contributed by atoms with Crippen molar-refractivity contribution in [1.29, 1.82) is 0 Å². The first-order valence-electron chi connectivity index (χ1n) is 10.2. The smallest absolute Gasteiger partial charge is 0.240 e.